The number of hydrogen-bond acceptors (Lipinski definition) is 1. The molecular weight excluding hydrogens is 263 g/mol. The van der Waals surface area contributed by atoms with Crippen molar-refractivity contribution in [3.8, 4) is 0 Å². The number of hydrogen-bond donors (Lipinski definition) is 0. The molecule has 0 amide bonds. The smallest absolute Gasteiger partial charge is 0.325 e. The molecule has 0 fully saturated rings. The molecule has 0 radical (unpaired) electrons. The van der Waals surface area contributed by atoms with Crippen molar-refractivity contribution in [2.45, 2.75) is 39.8 Å². The van der Waals surface area contributed by atoms with Crippen LogP contribution in [-0.4, -0.2) is 0 Å². The van der Waals surface area contributed by atoms with E-state index >= 15 is 0 Å². The van der Waals surface area contributed by atoms with Gasteiger partial charge in [-0.2, -0.15) is 13.2 Å². The van der Waals surface area contributed by atoms with Gasteiger partial charge in [-0.25, -0.2) is 0 Å². The Labute approximate surface area is 118 Å². The molecule has 0 spiro atoms. The third-order valence-corrected chi connectivity index (χ3v) is 2.83. The van der Waals surface area contributed by atoms with E-state index in [-0.39, 0.29) is 5.92 Å². The lowest BCUT2D eigenvalue weighted by Gasteiger charge is -2.20. The first kappa shape index (κ1) is 16.3. The Morgan fingerprint density at radius 3 is 2.20 bits per heavy atom. The van der Waals surface area contributed by atoms with Crippen molar-refractivity contribution in [1.29, 1.82) is 0 Å². The van der Waals surface area contributed by atoms with E-state index < -0.39 is 11.7 Å². The van der Waals surface area contributed by atoms with Crippen molar-refractivity contribution >= 4 is 5.69 Å². The van der Waals surface area contributed by atoms with Crippen LogP contribution in [0.15, 0.2) is 42.8 Å². The normalized spacial score (nSPS) is 11.4. The van der Waals surface area contributed by atoms with Gasteiger partial charge in [-0.1, -0.05) is 26.0 Å². The lowest BCUT2D eigenvalue weighted by molar-refractivity contribution is -0.137. The molecule has 0 aliphatic heterocycles. The maximum absolute atomic E-state index is 13.0. The van der Waals surface area contributed by atoms with Crippen LogP contribution in [0.1, 0.15) is 44.7 Å². The Balaban J connectivity index is 3.42. The minimum Gasteiger partial charge on any atom is -0.325 e. The predicted molar refractivity (Wildman–Crippen MR) is 77.6 cm³/mol. The van der Waals surface area contributed by atoms with Crippen molar-refractivity contribution in [3.63, 3.8) is 0 Å². The second kappa shape index (κ2) is 6.16. The Morgan fingerprint density at radius 1 is 1.20 bits per heavy atom. The first-order valence-electron chi connectivity index (χ1n) is 6.43. The van der Waals surface area contributed by atoms with Crippen molar-refractivity contribution in [1.82, 2.24) is 0 Å². The lowest BCUT2D eigenvalue weighted by atomic mass is 9.99. The first-order valence-corrected chi connectivity index (χ1v) is 6.43. The van der Waals surface area contributed by atoms with E-state index in [9.17, 15) is 13.2 Å². The number of allylic oxidation sites excluding steroid dienone is 1. The molecule has 1 nitrogen and oxygen atoms in total. The largest absolute Gasteiger partial charge is 0.416 e. The molecule has 20 heavy (non-hydrogen) atoms. The monoisotopic (exact) mass is 283 g/mol. The number of anilines is 1. The van der Waals surface area contributed by atoms with Crippen LogP contribution in [0.3, 0.4) is 0 Å². The van der Waals surface area contributed by atoms with E-state index in [1.165, 1.54) is 12.3 Å². The molecule has 0 atom stereocenters. The number of alkyl halides is 3. The SMILES string of the molecule is C=CN(C=C(C)C)c1cc(C(C)C)cc(C(F)(F)F)c1. The molecule has 1 rings (SSSR count). The Morgan fingerprint density at radius 2 is 1.80 bits per heavy atom. The van der Waals surface area contributed by atoms with E-state index in [0.717, 1.165) is 11.6 Å². The summed E-state index contributed by atoms with van der Waals surface area (Å²) in [5, 5.41) is 0. The van der Waals surface area contributed by atoms with Crippen molar-refractivity contribution in [2.75, 3.05) is 4.90 Å². The summed E-state index contributed by atoms with van der Waals surface area (Å²) in [7, 11) is 0. The summed E-state index contributed by atoms with van der Waals surface area (Å²) in [6, 6.07) is 4.12. The van der Waals surface area contributed by atoms with Crippen LogP contribution in [0.2, 0.25) is 0 Å². The molecule has 0 saturated heterocycles. The Hall–Kier alpha value is -1.71. The van der Waals surface area contributed by atoms with E-state index in [1.54, 1.807) is 17.2 Å². The summed E-state index contributed by atoms with van der Waals surface area (Å²) in [5.41, 5.74) is 1.48. The van der Waals surface area contributed by atoms with Gasteiger partial charge in [0, 0.05) is 18.1 Å². The van der Waals surface area contributed by atoms with Crippen molar-refractivity contribution in [3.05, 3.63) is 53.9 Å². The molecule has 0 N–H and O–H groups in total. The van der Waals surface area contributed by atoms with Crippen LogP contribution < -0.4 is 4.90 Å². The van der Waals surface area contributed by atoms with E-state index in [2.05, 4.69) is 6.58 Å². The van der Waals surface area contributed by atoms with Crippen LogP contribution in [0.4, 0.5) is 18.9 Å². The number of rotatable bonds is 4. The first-order chi connectivity index (χ1) is 9.15. The summed E-state index contributed by atoms with van der Waals surface area (Å²) in [5.74, 6) is 0.0226. The van der Waals surface area contributed by atoms with Gasteiger partial charge in [0.1, 0.15) is 0 Å². The van der Waals surface area contributed by atoms with Gasteiger partial charge in [0.15, 0.2) is 0 Å². The van der Waals surface area contributed by atoms with Gasteiger partial charge in [0.05, 0.1) is 5.56 Å². The summed E-state index contributed by atoms with van der Waals surface area (Å²) < 4.78 is 38.9. The Kier molecular flexibility index (Phi) is 5.03. The van der Waals surface area contributed by atoms with Crippen LogP contribution >= 0.6 is 0 Å². The predicted octanol–water partition coefficient (Wildman–Crippen LogP) is 5.70. The Bertz CT molecular complexity index is 509. The molecule has 0 aliphatic rings. The lowest BCUT2D eigenvalue weighted by Crippen LogP contribution is -2.12. The summed E-state index contributed by atoms with van der Waals surface area (Å²) in [4.78, 5) is 1.61. The topological polar surface area (TPSA) is 3.24 Å². The molecule has 0 aromatic heterocycles. The summed E-state index contributed by atoms with van der Waals surface area (Å²) in [6.45, 7) is 11.2. The van der Waals surface area contributed by atoms with Gasteiger partial charge in [-0.15, -0.1) is 0 Å². The minimum absolute atomic E-state index is 0.0226. The highest BCUT2D eigenvalue weighted by Gasteiger charge is 2.31. The molecule has 0 aliphatic carbocycles. The van der Waals surface area contributed by atoms with Crippen LogP contribution in [-0.2, 0) is 6.18 Å². The maximum atomic E-state index is 13.0. The van der Waals surface area contributed by atoms with Gasteiger partial charge < -0.3 is 4.90 Å². The van der Waals surface area contributed by atoms with Gasteiger partial charge >= 0.3 is 6.18 Å². The molecule has 110 valence electrons. The third kappa shape index (κ3) is 4.15. The maximum Gasteiger partial charge on any atom is 0.416 e. The zero-order valence-electron chi connectivity index (χ0n) is 12.3. The quantitative estimate of drug-likeness (QED) is 0.684. The standard InChI is InChI=1S/C16H20F3N/c1-6-20(10-11(2)3)15-8-13(12(4)5)7-14(9-15)16(17,18)19/h6-10,12H,1H2,2-5H3. The highest BCUT2D eigenvalue weighted by Crippen LogP contribution is 2.35. The zero-order valence-corrected chi connectivity index (χ0v) is 12.3. The summed E-state index contributed by atoms with van der Waals surface area (Å²) in [6.07, 6.45) is -1.09. The van der Waals surface area contributed by atoms with Gasteiger partial charge in [0.2, 0.25) is 0 Å². The fourth-order valence-electron chi connectivity index (χ4n) is 1.79. The zero-order chi connectivity index (χ0) is 15.5. The van der Waals surface area contributed by atoms with Crippen LogP contribution in [0.25, 0.3) is 0 Å². The average Bonchev–Trinajstić information content (AvgIpc) is 2.34. The van der Waals surface area contributed by atoms with Gasteiger partial charge in [0.25, 0.3) is 0 Å². The molecule has 1 aromatic carbocycles. The molecule has 1 aromatic rings. The highest BCUT2D eigenvalue weighted by molar-refractivity contribution is 5.57. The molecule has 0 bridgehead atoms. The van der Waals surface area contributed by atoms with Crippen molar-refractivity contribution in [2.24, 2.45) is 0 Å². The molecular formula is C16H20F3N. The molecule has 0 saturated carbocycles. The summed E-state index contributed by atoms with van der Waals surface area (Å²) >= 11 is 0. The fourth-order valence-corrected chi connectivity index (χ4v) is 1.79. The van der Waals surface area contributed by atoms with Crippen LogP contribution in [0.5, 0.6) is 0 Å². The van der Waals surface area contributed by atoms with E-state index in [4.69, 9.17) is 0 Å². The fraction of sp³-hybridized carbons (Fsp3) is 0.375. The van der Waals surface area contributed by atoms with Gasteiger partial charge in [-0.3, -0.25) is 0 Å². The molecule has 0 unspecified atom stereocenters. The van der Waals surface area contributed by atoms with Crippen molar-refractivity contribution < 1.29 is 13.2 Å². The number of nitrogens with zero attached hydrogens (tertiary/aromatic N) is 1. The van der Waals surface area contributed by atoms with E-state index in [0.29, 0.717) is 11.3 Å². The minimum atomic E-state index is -4.35. The number of benzene rings is 1. The van der Waals surface area contributed by atoms with Crippen LogP contribution in [0, 0.1) is 0 Å². The second-order valence-electron chi connectivity index (χ2n) is 5.26. The number of halogens is 3. The average molecular weight is 283 g/mol. The highest BCUT2D eigenvalue weighted by atomic mass is 19.4. The van der Waals surface area contributed by atoms with Gasteiger partial charge in [-0.05, 0) is 43.5 Å². The second-order valence-corrected chi connectivity index (χ2v) is 5.26. The molecule has 0 heterocycles. The third-order valence-electron chi connectivity index (χ3n) is 2.83. The van der Waals surface area contributed by atoms with E-state index in [1.807, 2.05) is 27.7 Å². The molecule has 4 heteroatoms.